The fraction of sp³-hybridized carbons (Fsp3) is 0.231. The number of carboxylic acid groups (broad SMARTS) is 1. The van der Waals surface area contributed by atoms with Crippen molar-refractivity contribution in [3.63, 3.8) is 0 Å². The number of ether oxygens (including phenoxy) is 1. The number of benzene rings is 3. The molecule has 0 radical (unpaired) electrons. The molecule has 1 aliphatic carbocycles. The number of aromatic carboxylic acids is 1. The topological polar surface area (TPSA) is 63.6 Å². The van der Waals surface area contributed by atoms with Crippen LogP contribution in [0.25, 0.3) is 21.9 Å². The van der Waals surface area contributed by atoms with Crippen molar-refractivity contribution in [1.82, 2.24) is 0 Å². The lowest BCUT2D eigenvalue weighted by Gasteiger charge is -2.18. The molecule has 0 amide bonds. The molecule has 1 aliphatic rings. The summed E-state index contributed by atoms with van der Waals surface area (Å²) in [5, 5.41) is 11.4. The zero-order valence-electron chi connectivity index (χ0n) is 17.2. The van der Waals surface area contributed by atoms with Gasteiger partial charge in [0, 0.05) is 11.0 Å². The van der Waals surface area contributed by atoms with Crippen LogP contribution in [0.1, 0.15) is 48.5 Å². The molecule has 0 atom stereocenters. The van der Waals surface area contributed by atoms with Crippen LogP contribution in [0.4, 0.5) is 0 Å². The van der Waals surface area contributed by atoms with Crippen LogP contribution in [0.2, 0.25) is 0 Å². The minimum atomic E-state index is -0.983. The molecule has 0 saturated carbocycles. The van der Waals surface area contributed by atoms with E-state index < -0.39 is 5.97 Å². The quantitative estimate of drug-likeness (QED) is 0.412. The predicted molar refractivity (Wildman–Crippen MR) is 118 cm³/mol. The number of rotatable bonds is 4. The second-order valence-electron chi connectivity index (χ2n) is 7.82. The number of fused-ring (bicyclic) bond motifs is 1. The molecule has 3 aromatic rings. The molecule has 3 aromatic carbocycles. The molecule has 0 aromatic heterocycles. The van der Waals surface area contributed by atoms with Gasteiger partial charge in [0.15, 0.2) is 0 Å². The van der Waals surface area contributed by atoms with E-state index in [2.05, 4.69) is 0 Å². The van der Waals surface area contributed by atoms with E-state index in [1.807, 2.05) is 50.2 Å². The lowest BCUT2D eigenvalue weighted by molar-refractivity contribution is -0.130. The molecule has 152 valence electrons. The maximum Gasteiger partial charge on any atom is 0.339 e. The average Bonchev–Trinajstić information content (AvgIpc) is 2.73. The summed E-state index contributed by atoms with van der Waals surface area (Å²) in [6, 6.07) is 16.6. The van der Waals surface area contributed by atoms with Crippen molar-refractivity contribution in [3.8, 4) is 16.9 Å². The first-order chi connectivity index (χ1) is 14.5. The van der Waals surface area contributed by atoms with Crippen molar-refractivity contribution in [1.29, 1.82) is 0 Å². The second-order valence-corrected chi connectivity index (χ2v) is 7.82. The number of carbonyl (C=O) groups is 2. The molecule has 0 heterocycles. The van der Waals surface area contributed by atoms with Crippen molar-refractivity contribution in [3.05, 3.63) is 76.9 Å². The average molecular weight is 400 g/mol. The lowest BCUT2D eigenvalue weighted by Crippen LogP contribution is -2.15. The summed E-state index contributed by atoms with van der Waals surface area (Å²) >= 11 is 0. The van der Waals surface area contributed by atoms with Crippen molar-refractivity contribution in [2.45, 2.75) is 39.5 Å². The predicted octanol–water partition coefficient (Wildman–Crippen LogP) is 6.31. The van der Waals surface area contributed by atoms with E-state index in [4.69, 9.17) is 4.74 Å². The first kappa shape index (κ1) is 19.9. The number of hydrogen-bond acceptors (Lipinski definition) is 3. The molecule has 4 heteroatoms. The van der Waals surface area contributed by atoms with Crippen LogP contribution in [0.5, 0.6) is 5.75 Å². The molecule has 0 fully saturated rings. The van der Waals surface area contributed by atoms with Crippen molar-refractivity contribution in [2.24, 2.45) is 0 Å². The molecular formula is C26H24O4. The maximum atomic E-state index is 12.9. The van der Waals surface area contributed by atoms with Crippen LogP contribution in [0, 0.1) is 6.92 Å². The first-order valence-corrected chi connectivity index (χ1v) is 10.2. The van der Waals surface area contributed by atoms with Crippen molar-refractivity contribution in [2.75, 3.05) is 0 Å². The Morgan fingerprint density at radius 2 is 1.60 bits per heavy atom. The highest BCUT2D eigenvalue weighted by atomic mass is 16.5. The third-order valence-corrected chi connectivity index (χ3v) is 5.83. The number of carboxylic acids is 1. The standard InChI is InChI=1S/C26H24O4/c1-16-8-3-4-12-19(16)26(29)30-22-15-7-11-18-10-6-13-20(24(18)22)23-17(2)9-5-14-21(23)25(27)28/h5-7,9-11,13-15H,3-4,8,12H2,1-2H3,(H,27,28). The van der Waals surface area contributed by atoms with E-state index in [0.717, 1.165) is 58.7 Å². The maximum absolute atomic E-state index is 12.9. The van der Waals surface area contributed by atoms with Crippen LogP contribution in [-0.2, 0) is 4.79 Å². The van der Waals surface area contributed by atoms with E-state index in [1.54, 1.807) is 18.2 Å². The van der Waals surface area contributed by atoms with Gasteiger partial charge < -0.3 is 9.84 Å². The third kappa shape index (κ3) is 3.61. The molecule has 1 N–H and O–H groups in total. The fourth-order valence-electron chi connectivity index (χ4n) is 4.30. The molecule has 0 spiro atoms. The van der Waals surface area contributed by atoms with Gasteiger partial charge in [-0.05, 0) is 73.7 Å². The van der Waals surface area contributed by atoms with Crippen LogP contribution in [-0.4, -0.2) is 17.0 Å². The van der Waals surface area contributed by atoms with Gasteiger partial charge in [0.2, 0.25) is 0 Å². The van der Waals surface area contributed by atoms with E-state index in [-0.39, 0.29) is 11.5 Å². The normalized spacial score (nSPS) is 14.1. The summed E-state index contributed by atoms with van der Waals surface area (Å²) < 4.78 is 5.90. The van der Waals surface area contributed by atoms with Gasteiger partial charge in [-0.3, -0.25) is 0 Å². The number of aryl methyl sites for hydroxylation is 1. The Labute approximate surface area is 175 Å². The molecule has 4 rings (SSSR count). The smallest absolute Gasteiger partial charge is 0.339 e. The van der Waals surface area contributed by atoms with Gasteiger partial charge in [0.05, 0.1) is 5.56 Å². The second kappa shape index (κ2) is 8.15. The van der Waals surface area contributed by atoms with E-state index in [9.17, 15) is 14.7 Å². The van der Waals surface area contributed by atoms with E-state index in [1.165, 1.54) is 0 Å². The molecule has 0 aliphatic heterocycles. The highest BCUT2D eigenvalue weighted by Gasteiger charge is 2.22. The largest absolute Gasteiger partial charge is 0.478 e. The minimum Gasteiger partial charge on any atom is -0.478 e. The highest BCUT2D eigenvalue weighted by Crippen LogP contribution is 2.39. The molecule has 4 nitrogen and oxygen atoms in total. The zero-order chi connectivity index (χ0) is 21.3. The number of hydrogen-bond donors (Lipinski definition) is 1. The summed E-state index contributed by atoms with van der Waals surface area (Å²) in [7, 11) is 0. The van der Waals surface area contributed by atoms with E-state index in [0.29, 0.717) is 11.3 Å². The molecule has 30 heavy (non-hydrogen) atoms. The summed E-state index contributed by atoms with van der Waals surface area (Å²) in [6.45, 7) is 3.89. The van der Waals surface area contributed by atoms with Gasteiger partial charge >= 0.3 is 11.9 Å². The van der Waals surface area contributed by atoms with Crippen molar-refractivity contribution < 1.29 is 19.4 Å². The summed E-state index contributed by atoms with van der Waals surface area (Å²) in [5.74, 6) is -0.834. The Hall–Kier alpha value is -3.40. The van der Waals surface area contributed by atoms with Gasteiger partial charge in [0.1, 0.15) is 5.75 Å². The van der Waals surface area contributed by atoms with E-state index >= 15 is 0 Å². The first-order valence-electron chi connectivity index (χ1n) is 10.2. The van der Waals surface area contributed by atoms with Crippen LogP contribution in [0.15, 0.2) is 65.7 Å². The van der Waals surface area contributed by atoms with Gasteiger partial charge in [-0.2, -0.15) is 0 Å². The minimum absolute atomic E-state index is 0.231. The number of esters is 1. The van der Waals surface area contributed by atoms with Crippen LogP contribution in [0.3, 0.4) is 0 Å². The monoisotopic (exact) mass is 400 g/mol. The molecule has 0 saturated heterocycles. The van der Waals surface area contributed by atoms with Gasteiger partial charge in [0.25, 0.3) is 0 Å². The number of carbonyl (C=O) groups excluding carboxylic acids is 1. The SMILES string of the molecule is CC1=C(C(=O)Oc2cccc3cccc(-c4c(C)cccc4C(=O)O)c23)CCCC1. The van der Waals surface area contributed by atoms with Crippen molar-refractivity contribution >= 4 is 22.7 Å². The lowest BCUT2D eigenvalue weighted by atomic mass is 9.90. The van der Waals surface area contributed by atoms with Gasteiger partial charge in [-0.15, -0.1) is 0 Å². The summed E-state index contributed by atoms with van der Waals surface area (Å²) in [6.07, 6.45) is 3.76. The zero-order valence-corrected chi connectivity index (χ0v) is 17.2. The Kier molecular flexibility index (Phi) is 5.40. The molecular weight excluding hydrogens is 376 g/mol. The Bertz CT molecular complexity index is 1180. The van der Waals surface area contributed by atoms with Crippen LogP contribution < -0.4 is 4.74 Å². The summed E-state index contributed by atoms with van der Waals surface area (Å²) in [4.78, 5) is 24.8. The Morgan fingerprint density at radius 3 is 2.33 bits per heavy atom. The van der Waals surface area contributed by atoms with Gasteiger partial charge in [-0.25, -0.2) is 9.59 Å². The van der Waals surface area contributed by atoms with Gasteiger partial charge in [-0.1, -0.05) is 48.0 Å². The summed E-state index contributed by atoms with van der Waals surface area (Å²) in [5.41, 5.74) is 4.34. The number of allylic oxidation sites excluding steroid dienone is 1. The Balaban J connectivity index is 1.89. The molecule has 0 bridgehead atoms. The third-order valence-electron chi connectivity index (χ3n) is 5.83. The van der Waals surface area contributed by atoms with Crippen LogP contribution >= 0.6 is 0 Å². The fourth-order valence-corrected chi connectivity index (χ4v) is 4.30. The Morgan fingerprint density at radius 1 is 0.900 bits per heavy atom. The highest BCUT2D eigenvalue weighted by molar-refractivity contribution is 6.07. The molecule has 0 unspecified atom stereocenters.